The largest absolute Gasteiger partial charge is 0.383 e. The van der Waals surface area contributed by atoms with Crippen molar-refractivity contribution in [3.63, 3.8) is 0 Å². The summed E-state index contributed by atoms with van der Waals surface area (Å²) >= 11 is 0. The van der Waals surface area contributed by atoms with Crippen LogP contribution in [0.5, 0.6) is 0 Å². The molecule has 0 aliphatic carbocycles. The molecule has 1 rings (SSSR count). The summed E-state index contributed by atoms with van der Waals surface area (Å²) in [6.07, 6.45) is 0. The zero-order valence-corrected chi connectivity index (χ0v) is 11.8. The van der Waals surface area contributed by atoms with Gasteiger partial charge in [-0.15, -0.1) is 0 Å². The zero-order chi connectivity index (χ0) is 13.7. The van der Waals surface area contributed by atoms with E-state index in [0.29, 0.717) is 18.2 Å². The third kappa shape index (κ3) is 3.08. The Morgan fingerprint density at radius 2 is 2.06 bits per heavy atom. The van der Waals surface area contributed by atoms with Crippen LogP contribution in [0.3, 0.4) is 0 Å². The lowest BCUT2D eigenvalue weighted by Gasteiger charge is -2.30. The second-order valence-electron chi connectivity index (χ2n) is 4.30. The van der Waals surface area contributed by atoms with Gasteiger partial charge in [0, 0.05) is 19.2 Å². The van der Waals surface area contributed by atoms with Gasteiger partial charge in [0.05, 0.1) is 12.6 Å². The fourth-order valence-corrected chi connectivity index (χ4v) is 2.04. The molecule has 102 valence electrons. The molecule has 0 radical (unpaired) electrons. The molecular weight excluding hydrogens is 230 g/mol. The van der Waals surface area contributed by atoms with Gasteiger partial charge in [-0.05, 0) is 27.7 Å². The molecule has 1 aromatic rings. The number of hydrogen-bond acceptors (Lipinski definition) is 6. The highest BCUT2D eigenvalue weighted by Crippen LogP contribution is 2.24. The molecule has 0 aliphatic rings. The number of nitrogens with two attached hydrogens (primary N) is 1. The van der Waals surface area contributed by atoms with E-state index in [4.69, 9.17) is 10.6 Å². The van der Waals surface area contributed by atoms with E-state index in [-0.39, 0.29) is 6.04 Å². The number of ether oxygens (including phenoxy) is 1. The van der Waals surface area contributed by atoms with Crippen LogP contribution >= 0.6 is 0 Å². The highest BCUT2D eigenvalue weighted by molar-refractivity contribution is 5.58. The van der Waals surface area contributed by atoms with Crippen LogP contribution in [-0.4, -0.2) is 36.3 Å². The summed E-state index contributed by atoms with van der Waals surface area (Å²) in [5.74, 6) is 7.75. The molecule has 0 bridgehead atoms. The van der Waals surface area contributed by atoms with Crippen molar-refractivity contribution in [3.8, 4) is 0 Å². The minimum Gasteiger partial charge on any atom is -0.383 e. The van der Waals surface area contributed by atoms with E-state index in [1.54, 1.807) is 7.11 Å². The summed E-state index contributed by atoms with van der Waals surface area (Å²) in [6, 6.07) is 0.249. The van der Waals surface area contributed by atoms with Gasteiger partial charge in [0.2, 0.25) is 0 Å². The summed E-state index contributed by atoms with van der Waals surface area (Å²) in [6.45, 7) is 9.54. The van der Waals surface area contributed by atoms with Gasteiger partial charge in [-0.25, -0.2) is 15.8 Å². The molecule has 1 atom stereocenters. The van der Waals surface area contributed by atoms with Crippen LogP contribution in [0, 0.1) is 13.8 Å². The summed E-state index contributed by atoms with van der Waals surface area (Å²) in [5, 5.41) is 0. The molecule has 1 unspecified atom stereocenters. The van der Waals surface area contributed by atoms with Gasteiger partial charge in [0.25, 0.3) is 0 Å². The SMILES string of the molecule is CCN(c1nc(C)nc(NN)c1C)C(C)COC. The van der Waals surface area contributed by atoms with Crippen molar-refractivity contribution in [1.29, 1.82) is 0 Å². The predicted molar refractivity (Wildman–Crippen MR) is 73.7 cm³/mol. The fourth-order valence-electron chi connectivity index (χ4n) is 2.04. The van der Waals surface area contributed by atoms with Crippen LogP contribution in [0.4, 0.5) is 11.6 Å². The predicted octanol–water partition coefficient (Wildman–Crippen LogP) is 1.24. The monoisotopic (exact) mass is 253 g/mol. The van der Waals surface area contributed by atoms with Crippen molar-refractivity contribution in [2.24, 2.45) is 5.84 Å². The quantitative estimate of drug-likeness (QED) is 0.587. The van der Waals surface area contributed by atoms with Crippen LogP contribution in [0.25, 0.3) is 0 Å². The van der Waals surface area contributed by atoms with Crippen molar-refractivity contribution in [2.75, 3.05) is 30.6 Å². The molecule has 0 spiro atoms. The summed E-state index contributed by atoms with van der Waals surface area (Å²) < 4.78 is 5.21. The normalized spacial score (nSPS) is 12.3. The number of aromatic nitrogens is 2. The van der Waals surface area contributed by atoms with Gasteiger partial charge in [0.15, 0.2) is 0 Å². The summed E-state index contributed by atoms with van der Waals surface area (Å²) in [4.78, 5) is 11.0. The van der Waals surface area contributed by atoms with E-state index in [1.165, 1.54) is 0 Å². The lowest BCUT2D eigenvalue weighted by atomic mass is 10.2. The van der Waals surface area contributed by atoms with Crippen LogP contribution in [0.2, 0.25) is 0 Å². The Hall–Kier alpha value is -1.40. The molecule has 0 amide bonds. The lowest BCUT2D eigenvalue weighted by molar-refractivity contribution is 0.181. The van der Waals surface area contributed by atoms with E-state index in [0.717, 1.165) is 17.9 Å². The molecule has 1 heterocycles. The number of hydrogen-bond donors (Lipinski definition) is 2. The van der Waals surface area contributed by atoms with Crippen molar-refractivity contribution < 1.29 is 4.74 Å². The number of anilines is 2. The van der Waals surface area contributed by atoms with Gasteiger partial charge in [-0.2, -0.15) is 0 Å². The Labute approximate surface area is 109 Å². The van der Waals surface area contributed by atoms with Crippen LogP contribution in [0.1, 0.15) is 25.2 Å². The third-order valence-corrected chi connectivity index (χ3v) is 2.92. The van der Waals surface area contributed by atoms with Gasteiger partial charge >= 0.3 is 0 Å². The van der Waals surface area contributed by atoms with Gasteiger partial charge < -0.3 is 15.1 Å². The average Bonchev–Trinajstić information content (AvgIpc) is 2.34. The Kier molecular flexibility index (Phi) is 5.30. The second-order valence-corrected chi connectivity index (χ2v) is 4.30. The molecule has 0 saturated carbocycles. The number of nitrogens with zero attached hydrogens (tertiary/aromatic N) is 3. The molecule has 0 aromatic carbocycles. The van der Waals surface area contributed by atoms with Crippen molar-refractivity contribution in [1.82, 2.24) is 9.97 Å². The molecule has 0 aliphatic heterocycles. The molecule has 6 nitrogen and oxygen atoms in total. The maximum Gasteiger partial charge on any atom is 0.148 e. The first-order chi connectivity index (χ1) is 8.54. The lowest BCUT2D eigenvalue weighted by Crippen LogP contribution is -2.37. The van der Waals surface area contributed by atoms with Crippen LogP contribution in [0.15, 0.2) is 0 Å². The third-order valence-electron chi connectivity index (χ3n) is 2.92. The number of nitrogen functional groups attached to an aromatic ring is 1. The van der Waals surface area contributed by atoms with Crippen LogP contribution < -0.4 is 16.2 Å². The van der Waals surface area contributed by atoms with Gasteiger partial charge in [0.1, 0.15) is 17.5 Å². The number of rotatable bonds is 6. The van der Waals surface area contributed by atoms with Gasteiger partial charge in [-0.1, -0.05) is 0 Å². The number of likely N-dealkylation sites (N-methyl/N-ethyl adjacent to an activating group) is 1. The first-order valence-corrected chi connectivity index (χ1v) is 6.12. The molecule has 0 fully saturated rings. The van der Waals surface area contributed by atoms with Gasteiger partial charge in [-0.3, -0.25) is 0 Å². The standard InChI is InChI=1S/C12H23N5O/c1-6-17(8(2)7-18-5)12-9(3)11(16-13)14-10(4)15-12/h8H,6-7,13H2,1-5H3,(H,14,15,16). The summed E-state index contributed by atoms with van der Waals surface area (Å²) in [5.41, 5.74) is 3.57. The van der Waals surface area contributed by atoms with E-state index in [9.17, 15) is 0 Å². The molecular formula is C12H23N5O. The van der Waals surface area contributed by atoms with Crippen molar-refractivity contribution in [3.05, 3.63) is 11.4 Å². The highest BCUT2D eigenvalue weighted by Gasteiger charge is 2.18. The Bertz CT molecular complexity index is 396. The second kappa shape index (κ2) is 6.51. The number of hydrazine groups is 1. The van der Waals surface area contributed by atoms with E-state index in [1.807, 2.05) is 13.8 Å². The number of methoxy groups -OCH3 is 1. The molecule has 1 aromatic heterocycles. The molecule has 18 heavy (non-hydrogen) atoms. The minimum absolute atomic E-state index is 0.249. The topological polar surface area (TPSA) is 76.3 Å². The Morgan fingerprint density at radius 1 is 1.39 bits per heavy atom. The van der Waals surface area contributed by atoms with Crippen molar-refractivity contribution >= 4 is 11.6 Å². The summed E-state index contributed by atoms with van der Waals surface area (Å²) in [7, 11) is 1.70. The first-order valence-electron chi connectivity index (χ1n) is 6.12. The first kappa shape index (κ1) is 14.7. The minimum atomic E-state index is 0.249. The fraction of sp³-hybridized carbons (Fsp3) is 0.667. The van der Waals surface area contributed by atoms with E-state index < -0.39 is 0 Å². The molecule has 0 saturated heterocycles. The number of aryl methyl sites for hydroxylation is 1. The Morgan fingerprint density at radius 3 is 2.56 bits per heavy atom. The molecule has 3 N–H and O–H groups in total. The highest BCUT2D eigenvalue weighted by atomic mass is 16.5. The van der Waals surface area contributed by atoms with E-state index >= 15 is 0 Å². The van der Waals surface area contributed by atoms with E-state index in [2.05, 4.69) is 34.1 Å². The average molecular weight is 253 g/mol. The zero-order valence-electron chi connectivity index (χ0n) is 11.8. The van der Waals surface area contributed by atoms with Crippen molar-refractivity contribution in [2.45, 2.75) is 33.7 Å². The van der Waals surface area contributed by atoms with Crippen LogP contribution in [-0.2, 0) is 4.74 Å². The smallest absolute Gasteiger partial charge is 0.148 e. The maximum absolute atomic E-state index is 5.48. The number of nitrogens with one attached hydrogen (secondary N) is 1. The maximum atomic E-state index is 5.48. The molecule has 6 heteroatoms. The Balaban J connectivity index is 3.16.